The van der Waals surface area contributed by atoms with Gasteiger partial charge in [-0.1, -0.05) is 0 Å². The van der Waals surface area contributed by atoms with Crippen LogP contribution in [0.2, 0.25) is 0 Å². The molecule has 9 fully saturated rings. The Morgan fingerprint density at radius 2 is 0.519 bits per heavy atom. The molecule has 2 amide bonds. The monoisotopic (exact) mass is 1560 g/mol. The predicted molar refractivity (Wildman–Crippen MR) is 320 cm³/mol. The number of nitrogens with one attached hydrogen (secondary N) is 2. The molecule has 45 atom stereocenters. The highest BCUT2D eigenvalue weighted by Gasteiger charge is 2.60. The van der Waals surface area contributed by atoms with E-state index < -0.39 is 348 Å². The molecule has 9 rings (SSSR count). The quantitative estimate of drug-likeness (QED) is 0.0363. The number of hydrogen-bond donors (Lipinski definition) is 29. The van der Waals surface area contributed by atoms with E-state index in [2.05, 4.69) is 10.6 Å². The molecule has 0 aromatic carbocycles. The smallest absolute Gasteiger partial charge is 0.217 e. The Morgan fingerprint density at radius 1 is 0.245 bits per heavy atom. The van der Waals surface area contributed by atoms with Gasteiger partial charge in [-0.25, -0.2) is 0 Å². The van der Waals surface area contributed by atoms with E-state index in [9.17, 15) is 147 Å². The standard InChI is InChI=1S/C58H98N2O46/c1-12(68)59-23-32(77)44(19(8-66)92-50(23)89)101-51-24(60-13(2)69)33(78)45(20(9-67)98-51)102-56-43(88)47(104-58-49(38(83)29(74)18(7-65)97-58)106-55-41(86)36(81)27(72)16(5-63)95-55)31(76)22(100-56)10-90-52-42(87)46(103-53-39(84)34(79)25(70)14(3-61)93-53)30(75)21(99-52)11-91-57-48(37(82)28(73)17(6-64)96-57)105-54-40(85)35(80)26(71)15(4-62)94-54/h14-58,61-67,70-89H,3-11H2,1-2H3,(H,59,68)(H,60,69)/t14-,15-,16-,17-,18-,19-,20-,21-,22-,23-,24-,25-,26-,27-,28-,29-,30-,31-,32-,33-,34+,35+,36+,37+,38+,39+,40+,41+,42+,43+,44-,45-,46+,47+,48+,49+,50?,51+,52-,53-,54-,55-,56+,57+,58-/m1/s1. The van der Waals surface area contributed by atoms with Gasteiger partial charge in [-0.05, 0) is 0 Å². The fraction of sp³-hybridized carbons (Fsp3) is 0.966. The molecule has 0 bridgehead atoms. The van der Waals surface area contributed by atoms with Gasteiger partial charge in [-0.3, -0.25) is 9.59 Å². The highest BCUT2D eigenvalue weighted by Crippen LogP contribution is 2.39. The van der Waals surface area contributed by atoms with Crippen molar-refractivity contribution in [3.63, 3.8) is 0 Å². The lowest BCUT2D eigenvalue weighted by Crippen LogP contribution is -2.70. The second-order valence-corrected chi connectivity index (χ2v) is 26.7. The fourth-order valence-corrected chi connectivity index (χ4v) is 13.5. The third-order valence-electron chi connectivity index (χ3n) is 19.5. The number of rotatable bonds is 27. The zero-order valence-corrected chi connectivity index (χ0v) is 56.2. The number of aliphatic hydroxyl groups excluding tert-OH is 27. The van der Waals surface area contributed by atoms with E-state index in [1.165, 1.54) is 0 Å². The average molecular weight is 1560 g/mol. The molecule has 9 heterocycles. The van der Waals surface area contributed by atoms with Gasteiger partial charge in [0.1, 0.15) is 220 Å². The lowest BCUT2D eigenvalue weighted by molar-refractivity contribution is -0.399. The largest absolute Gasteiger partial charge is 0.394 e. The van der Waals surface area contributed by atoms with Crippen molar-refractivity contribution in [1.82, 2.24) is 10.6 Å². The van der Waals surface area contributed by atoms with Crippen molar-refractivity contribution in [2.24, 2.45) is 0 Å². The Hall–Kier alpha value is -2.82. The number of carbonyl (C=O) groups is 2. The van der Waals surface area contributed by atoms with Crippen LogP contribution in [0.25, 0.3) is 0 Å². The first-order valence-corrected chi connectivity index (χ1v) is 33.7. The van der Waals surface area contributed by atoms with Crippen molar-refractivity contribution < 1.29 is 228 Å². The van der Waals surface area contributed by atoms with Crippen LogP contribution >= 0.6 is 0 Å². The molecule has 9 saturated heterocycles. The zero-order chi connectivity index (χ0) is 77.9. The molecule has 48 nitrogen and oxygen atoms in total. The third-order valence-corrected chi connectivity index (χ3v) is 19.5. The minimum atomic E-state index is -2.54. The van der Waals surface area contributed by atoms with Crippen molar-refractivity contribution >= 4 is 11.8 Å². The summed E-state index contributed by atoms with van der Waals surface area (Å²) in [5, 5.41) is 301. The summed E-state index contributed by atoms with van der Waals surface area (Å²) in [6, 6.07) is -3.55. The number of carbonyl (C=O) groups excluding carboxylic acids is 2. The minimum Gasteiger partial charge on any atom is -0.394 e. The first kappa shape index (κ1) is 87.2. The van der Waals surface area contributed by atoms with Crippen LogP contribution in [-0.2, 0) is 90.1 Å². The lowest BCUT2D eigenvalue weighted by Gasteiger charge is -2.50. The molecule has 29 N–H and O–H groups in total. The number of amides is 2. The highest BCUT2D eigenvalue weighted by molar-refractivity contribution is 5.73. The van der Waals surface area contributed by atoms with Gasteiger partial charge in [-0.15, -0.1) is 0 Å². The number of hydrogen-bond acceptors (Lipinski definition) is 46. The van der Waals surface area contributed by atoms with Crippen molar-refractivity contribution in [3.8, 4) is 0 Å². The summed E-state index contributed by atoms with van der Waals surface area (Å²) in [4.78, 5) is 25.0. The van der Waals surface area contributed by atoms with E-state index in [0.29, 0.717) is 0 Å². The van der Waals surface area contributed by atoms with E-state index >= 15 is 0 Å². The summed E-state index contributed by atoms with van der Waals surface area (Å²) < 4.78 is 98.8. The topological polar surface area (TPSA) is 761 Å². The Kier molecular flexibility index (Phi) is 31.1. The fourth-order valence-electron chi connectivity index (χ4n) is 13.5. The summed E-state index contributed by atoms with van der Waals surface area (Å²) >= 11 is 0. The molecule has 0 aliphatic carbocycles. The lowest BCUT2D eigenvalue weighted by atomic mass is 9.94. The summed E-state index contributed by atoms with van der Waals surface area (Å²) in [5.41, 5.74) is 0. The van der Waals surface area contributed by atoms with Gasteiger partial charge in [0.25, 0.3) is 0 Å². The molecular formula is C58H98N2O46. The van der Waals surface area contributed by atoms with Crippen LogP contribution in [0, 0.1) is 0 Å². The zero-order valence-electron chi connectivity index (χ0n) is 56.2. The Labute approximate surface area is 598 Å². The van der Waals surface area contributed by atoms with Gasteiger partial charge in [0.2, 0.25) is 11.8 Å². The van der Waals surface area contributed by atoms with Gasteiger partial charge < -0.3 is 229 Å². The summed E-state index contributed by atoms with van der Waals surface area (Å²) in [5.74, 6) is -1.72. The molecule has 0 aromatic heterocycles. The maximum absolute atomic E-state index is 12.9. The van der Waals surface area contributed by atoms with Crippen LogP contribution in [0.1, 0.15) is 13.8 Å². The van der Waals surface area contributed by atoms with Crippen LogP contribution in [0.5, 0.6) is 0 Å². The predicted octanol–water partition coefficient (Wildman–Crippen LogP) is -20.3. The summed E-state index contributed by atoms with van der Waals surface area (Å²) in [6.07, 6.45) is -90.3. The first-order chi connectivity index (χ1) is 50.2. The number of ether oxygens (including phenoxy) is 17. The maximum Gasteiger partial charge on any atom is 0.217 e. The van der Waals surface area contributed by atoms with Gasteiger partial charge in [-0.2, -0.15) is 0 Å². The molecule has 0 aromatic rings. The second-order valence-electron chi connectivity index (χ2n) is 26.7. The minimum absolute atomic E-state index is 0.783. The van der Waals surface area contributed by atoms with Crippen molar-refractivity contribution in [2.45, 2.75) is 290 Å². The van der Waals surface area contributed by atoms with Crippen LogP contribution < -0.4 is 10.6 Å². The van der Waals surface area contributed by atoms with Gasteiger partial charge in [0.15, 0.2) is 56.6 Å². The second kappa shape index (κ2) is 37.9. The molecule has 0 spiro atoms. The molecule has 0 radical (unpaired) electrons. The average Bonchev–Trinajstić information content (AvgIpc) is 0.780. The molecule has 48 heteroatoms. The van der Waals surface area contributed by atoms with Crippen molar-refractivity contribution in [3.05, 3.63) is 0 Å². The molecule has 1 unspecified atom stereocenters. The SMILES string of the molecule is CC(=O)N[C@H]1[C@H](O[C@H]2[C@H](O)[C@@H](NC(C)=O)C(O)O[C@@H]2CO)O[C@H](CO)[C@@H](O[C@@H]2O[C@H](CO[C@@H]3O[C@H](CO[C@H]4O[C@H](CO)[C@@H](O)[C@H](O)[C@@H]4O[C@H]4O[C@H](CO)[C@@H](O)[C@H](O)[C@@H]4O)[C@@H](O)[C@H](O[C@H]4O[C@H](CO)[C@@H](O)[C@H](O)[C@@H]4O)[C@@H]3O)[C@@H](O)[C@H](O[C@H]3O[C@H](CO)[C@@H](O)[C@H](O)[C@@H]3O[C@H]3O[C@H](CO)[C@@H](O)[C@H](O)[C@@H]3O)[C@@H]2O)[C@@H]1O. The summed E-state index contributed by atoms with van der Waals surface area (Å²) in [6.45, 7) is -7.76. The first-order valence-electron chi connectivity index (χ1n) is 33.7. The Bertz CT molecular complexity index is 2710. The molecule has 9 aliphatic rings. The molecule has 9 aliphatic heterocycles. The van der Waals surface area contributed by atoms with E-state index in [1.54, 1.807) is 0 Å². The summed E-state index contributed by atoms with van der Waals surface area (Å²) in [7, 11) is 0. The van der Waals surface area contributed by atoms with E-state index in [4.69, 9.17) is 80.5 Å². The van der Waals surface area contributed by atoms with Crippen LogP contribution in [0.15, 0.2) is 0 Å². The third kappa shape index (κ3) is 18.7. The van der Waals surface area contributed by atoms with Crippen molar-refractivity contribution in [1.29, 1.82) is 0 Å². The van der Waals surface area contributed by atoms with E-state index in [1.807, 2.05) is 0 Å². The molecule has 106 heavy (non-hydrogen) atoms. The van der Waals surface area contributed by atoms with Gasteiger partial charge >= 0.3 is 0 Å². The molecule has 0 saturated carbocycles. The van der Waals surface area contributed by atoms with Crippen LogP contribution in [-0.4, -0.2) is 485 Å². The maximum atomic E-state index is 12.9. The molecule has 616 valence electrons. The van der Waals surface area contributed by atoms with E-state index in [0.717, 1.165) is 13.8 Å². The Morgan fingerprint density at radius 3 is 0.934 bits per heavy atom. The van der Waals surface area contributed by atoms with Crippen LogP contribution in [0.4, 0.5) is 0 Å². The highest BCUT2D eigenvalue weighted by atomic mass is 16.8. The van der Waals surface area contributed by atoms with E-state index in [-0.39, 0.29) is 0 Å². The normalized spacial score (nSPS) is 51.2. The van der Waals surface area contributed by atoms with Gasteiger partial charge in [0, 0.05) is 13.8 Å². The number of aliphatic hydroxyl groups is 27. The van der Waals surface area contributed by atoms with Gasteiger partial charge in [0.05, 0.1) is 59.5 Å². The van der Waals surface area contributed by atoms with Crippen molar-refractivity contribution in [2.75, 3.05) is 59.5 Å². The van der Waals surface area contributed by atoms with Crippen LogP contribution in [0.3, 0.4) is 0 Å². The Balaban J connectivity index is 1.05. The molecular weight excluding hydrogens is 1460 g/mol.